The van der Waals surface area contributed by atoms with E-state index in [2.05, 4.69) is 104 Å². The lowest BCUT2D eigenvalue weighted by molar-refractivity contribution is -0.870. The average molecular weight is 1240 g/mol. The van der Waals surface area contributed by atoms with Gasteiger partial charge in [-0.3, -0.25) is 13.8 Å². The molecule has 0 saturated carbocycles. The van der Waals surface area contributed by atoms with Gasteiger partial charge in [-0.25, -0.2) is 4.57 Å². The first-order valence-electron chi connectivity index (χ1n) is 37.1. The number of likely N-dealkylation sites (N-methyl/N-ethyl adjacent to an activating group) is 1. The van der Waals surface area contributed by atoms with Crippen molar-refractivity contribution in [3.63, 3.8) is 0 Å². The van der Waals surface area contributed by atoms with E-state index in [1.807, 2.05) is 27.2 Å². The first-order valence-corrected chi connectivity index (χ1v) is 38.6. The number of quaternary nitrogens is 1. The van der Waals surface area contributed by atoms with Crippen molar-refractivity contribution >= 4 is 13.7 Å². The molecule has 0 spiro atoms. The van der Waals surface area contributed by atoms with Crippen molar-refractivity contribution in [2.75, 3.05) is 40.9 Å². The van der Waals surface area contributed by atoms with Gasteiger partial charge >= 0.3 is 7.82 Å². The van der Waals surface area contributed by atoms with Crippen LogP contribution in [0.5, 0.6) is 0 Å². The molecular weight excluding hydrogens is 1090 g/mol. The van der Waals surface area contributed by atoms with E-state index in [4.69, 9.17) is 9.05 Å². The Morgan fingerprint density at radius 2 is 0.701 bits per heavy atom. The van der Waals surface area contributed by atoms with Crippen LogP contribution in [0.3, 0.4) is 0 Å². The fraction of sp³-hybridized carbons (Fsp3) is 0.782. The molecule has 0 heterocycles. The number of unbranched alkanes of at least 4 members (excludes halogenated alkanes) is 41. The second-order valence-electron chi connectivity index (χ2n) is 26.3. The highest BCUT2D eigenvalue weighted by atomic mass is 31.2. The minimum atomic E-state index is -4.37. The number of nitrogens with one attached hydrogen (secondary N) is 1. The number of hydrogen-bond acceptors (Lipinski definition) is 5. The molecule has 8 nitrogen and oxygen atoms in total. The highest BCUT2D eigenvalue weighted by Gasteiger charge is 2.28. The van der Waals surface area contributed by atoms with E-state index in [1.54, 1.807) is 6.08 Å². The summed E-state index contributed by atoms with van der Waals surface area (Å²) in [4.78, 5) is 23.4. The SMILES string of the molecule is CC/C=C\C/C=C\C/C=C\C/C=C\C/C=C\CCCCCCCCCCCCCCCCCCCCCCCC(=O)NC(COP(=O)(O)OCC[N+](C)(C)C)C(O)/C=C/CC/C=C/CC/C=C/CCCCCCCCCCCCCCCCCCCC. The van der Waals surface area contributed by atoms with Crippen LogP contribution in [0.15, 0.2) is 97.2 Å². The molecule has 0 aliphatic heterocycles. The molecule has 0 rings (SSSR count). The molecule has 0 aliphatic rings. The number of aliphatic hydroxyl groups is 1. The highest BCUT2D eigenvalue weighted by molar-refractivity contribution is 7.47. The lowest BCUT2D eigenvalue weighted by atomic mass is 10.0. The third-order valence-electron chi connectivity index (χ3n) is 16.5. The third kappa shape index (κ3) is 70.7. The van der Waals surface area contributed by atoms with Gasteiger partial charge in [0, 0.05) is 6.42 Å². The number of allylic oxidation sites excluding steroid dienone is 15. The number of aliphatic hydroxyl groups excluding tert-OH is 1. The summed E-state index contributed by atoms with van der Waals surface area (Å²) in [5.41, 5.74) is 0. The first-order chi connectivity index (χ1) is 42.5. The lowest BCUT2D eigenvalue weighted by Gasteiger charge is -2.25. The van der Waals surface area contributed by atoms with Crippen LogP contribution in [0.2, 0.25) is 0 Å². The van der Waals surface area contributed by atoms with E-state index in [-0.39, 0.29) is 19.1 Å². The summed E-state index contributed by atoms with van der Waals surface area (Å²) in [6, 6.07) is -0.875. The predicted octanol–water partition coefficient (Wildman–Crippen LogP) is 24.1. The number of rotatable bonds is 68. The number of phosphoric acid groups is 1. The van der Waals surface area contributed by atoms with Crippen molar-refractivity contribution in [2.45, 2.75) is 353 Å². The Morgan fingerprint density at radius 1 is 0.402 bits per heavy atom. The molecule has 9 heteroatoms. The Bertz CT molecular complexity index is 1740. The lowest BCUT2D eigenvalue weighted by Crippen LogP contribution is -2.45. The summed E-state index contributed by atoms with van der Waals surface area (Å²) in [6.45, 7) is 4.71. The normalized spacial score (nSPS) is 14.1. The summed E-state index contributed by atoms with van der Waals surface area (Å²) in [5, 5.41) is 14.0. The minimum Gasteiger partial charge on any atom is -0.387 e. The Hall–Kier alpha value is -2.58. The van der Waals surface area contributed by atoms with E-state index < -0.39 is 20.0 Å². The molecular formula is C78H144N2O6P+. The van der Waals surface area contributed by atoms with Crippen molar-refractivity contribution in [3.05, 3.63) is 97.2 Å². The maximum atomic E-state index is 13.1. The molecule has 506 valence electrons. The maximum absolute atomic E-state index is 13.1. The average Bonchev–Trinajstić information content (AvgIpc) is 3.70. The van der Waals surface area contributed by atoms with Gasteiger partial charge in [0.25, 0.3) is 0 Å². The van der Waals surface area contributed by atoms with Gasteiger partial charge in [-0.05, 0) is 89.9 Å². The summed E-state index contributed by atoms with van der Waals surface area (Å²) >= 11 is 0. The van der Waals surface area contributed by atoms with Crippen LogP contribution >= 0.6 is 7.82 Å². The van der Waals surface area contributed by atoms with Crippen molar-refractivity contribution in [2.24, 2.45) is 0 Å². The highest BCUT2D eigenvalue weighted by Crippen LogP contribution is 2.43. The second kappa shape index (κ2) is 67.8. The number of phosphoric ester groups is 1. The quantitative estimate of drug-likeness (QED) is 0.0243. The Labute approximate surface area is 540 Å². The number of carbonyl (C=O) groups excluding carboxylic acids is 1. The van der Waals surface area contributed by atoms with Crippen LogP contribution in [0.1, 0.15) is 341 Å². The van der Waals surface area contributed by atoms with Gasteiger partial charge < -0.3 is 19.8 Å². The Kier molecular flexibility index (Phi) is 65.8. The number of carbonyl (C=O) groups is 1. The largest absolute Gasteiger partial charge is 0.472 e. The van der Waals surface area contributed by atoms with Crippen LogP contribution in [0.25, 0.3) is 0 Å². The van der Waals surface area contributed by atoms with Crippen LogP contribution in [-0.2, 0) is 18.4 Å². The molecule has 3 atom stereocenters. The molecule has 0 aromatic heterocycles. The first kappa shape index (κ1) is 84.4. The Balaban J connectivity index is 4.06. The molecule has 87 heavy (non-hydrogen) atoms. The van der Waals surface area contributed by atoms with Gasteiger partial charge in [-0.15, -0.1) is 0 Å². The Morgan fingerprint density at radius 3 is 1.06 bits per heavy atom. The zero-order valence-electron chi connectivity index (χ0n) is 58.0. The van der Waals surface area contributed by atoms with Crippen LogP contribution in [-0.4, -0.2) is 73.4 Å². The van der Waals surface area contributed by atoms with Crippen molar-refractivity contribution < 1.29 is 32.9 Å². The molecule has 3 N–H and O–H groups in total. The molecule has 0 radical (unpaired) electrons. The van der Waals surface area contributed by atoms with E-state index in [9.17, 15) is 19.4 Å². The summed E-state index contributed by atoms with van der Waals surface area (Å²) in [7, 11) is 1.55. The zero-order valence-corrected chi connectivity index (χ0v) is 58.9. The van der Waals surface area contributed by atoms with Crippen LogP contribution in [0, 0.1) is 0 Å². The standard InChI is InChI=1S/C78H143N2O6P/c1-6-8-10-12-14-16-18-20-22-24-26-28-30-32-34-36-37-38-39-40-41-42-43-44-46-48-50-52-54-56-58-60-62-64-66-68-70-72-78(82)79-76(75-86-87(83,84)85-74-73-80(3,4)5)77(81)71-69-67-65-63-61-59-57-55-53-51-49-47-45-35-33-31-29-27-25-23-21-19-17-15-13-11-9-7-2/h8,10,14,16,20,22,26,28,32,34,53,55,61,63,69,71,76-77,81H,6-7,9,11-13,15,17-19,21,23-25,27,29-31,33,35-52,54,56-60,62,64-68,70,72-75H2,1-5H3,(H-,79,82,83,84)/p+1/b10-8-,16-14-,22-20-,28-26-,34-32-,55-53+,63-61+,71-69+. The molecule has 0 aromatic carbocycles. The van der Waals surface area contributed by atoms with E-state index in [0.29, 0.717) is 17.4 Å². The fourth-order valence-electron chi connectivity index (χ4n) is 10.8. The van der Waals surface area contributed by atoms with E-state index >= 15 is 0 Å². The van der Waals surface area contributed by atoms with Gasteiger partial charge in [-0.2, -0.15) is 0 Å². The summed E-state index contributed by atoms with van der Waals surface area (Å²) < 4.78 is 23.8. The molecule has 0 saturated heterocycles. The van der Waals surface area contributed by atoms with Crippen molar-refractivity contribution in [1.82, 2.24) is 5.32 Å². The van der Waals surface area contributed by atoms with E-state index in [0.717, 1.165) is 77.0 Å². The smallest absolute Gasteiger partial charge is 0.387 e. The van der Waals surface area contributed by atoms with Gasteiger partial charge in [-0.1, -0.05) is 342 Å². The molecule has 0 aliphatic carbocycles. The fourth-order valence-corrected chi connectivity index (χ4v) is 11.5. The number of amides is 1. The second-order valence-corrected chi connectivity index (χ2v) is 27.7. The molecule has 3 unspecified atom stereocenters. The summed E-state index contributed by atoms with van der Waals surface area (Å²) in [5.74, 6) is -0.187. The molecule has 0 aromatic rings. The monoisotopic (exact) mass is 1240 g/mol. The molecule has 0 bridgehead atoms. The van der Waals surface area contributed by atoms with Crippen molar-refractivity contribution in [3.8, 4) is 0 Å². The third-order valence-corrected chi connectivity index (χ3v) is 17.5. The van der Waals surface area contributed by atoms with Crippen LogP contribution in [0.4, 0.5) is 0 Å². The maximum Gasteiger partial charge on any atom is 0.472 e. The van der Waals surface area contributed by atoms with Gasteiger partial charge in [0.05, 0.1) is 39.9 Å². The predicted molar refractivity (Wildman–Crippen MR) is 383 cm³/mol. The molecule has 1 amide bonds. The van der Waals surface area contributed by atoms with Gasteiger partial charge in [0.1, 0.15) is 13.2 Å². The van der Waals surface area contributed by atoms with Gasteiger partial charge in [0.2, 0.25) is 5.91 Å². The number of hydrogen-bond donors (Lipinski definition) is 3. The molecule has 0 fully saturated rings. The van der Waals surface area contributed by atoms with E-state index in [1.165, 1.54) is 244 Å². The minimum absolute atomic E-state index is 0.0520. The topological polar surface area (TPSA) is 105 Å². The summed E-state index contributed by atoms with van der Waals surface area (Å²) in [6.07, 6.45) is 98.7. The van der Waals surface area contributed by atoms with Crippen LogP contribution < -0.4 is 5.32 Å². The zero-order chi connectivity index (χ0) is 63.4. The number of nitrogens with zero attached hydrogens (tertiary/aromatic N) is 1. The van der Waals surface area contributed by atoms with Gasteiger partial charge in [0.15, 0.2) is 0 Å². The van der Waals surface area contributed by atoms with Crippen molar-refractivity contribution in [1.29, 1.82) is 0 Å².